The minimum atomic E-state index is -0.367. The van der Waals surface area contributed by atoms with Crippen LogP contribution in [0.4, 0.5) is 4.39 Å². The molecule has 0 N–H and O–H groups in total. The van der Waals surface area contributed by atoms with Crippen molar-refractivity contribution in [1.82, 2.24) is 14.5 Å². The molecule has 0 radical (unpaired) electrons. The number of pyridine rings is 1. The molecule has 4 heteroatoms. The van der Waals surface area contributed by atoms with Gasteiger partial charge in [-0.05, 0) is 82.8 Å². The molecule has 0 atom stereocenters. The van der Waals surface area contributed by atoms with Gasteiger partial charge in [-0.25, -0.2) is 4.98 Å². The first-order chi connectivity index (χ1) is 17.6. The van der Waals surface area contributed by atoms with E-state index in [1.165, 1.54) is 21.9 Å². The Morgan fingerprint density at radius 3 is 2.35 bits per heavy atom. The van der Waals surface area contributed by atoms with E-state index >= 15 is 0 Å². The Hall–Kier alpha value is -3.53. The summed E-state index contributed by atoms with van der Waals surface area (Å²) in [6.07, 6.45) is 2.57. The average molecular weight is 494 g/mol. The number of alkyl halides is 1. The summed E-state index contributed by atoms with van der Waals surface area (Å²) < 4.78 is 15.7. The number of imidazole rings is 1. The Labute approximate surface area is 219 Å². The fourth-order valence-corrected chi connectivity index (χ4v) is 5.66. The molecular formula is C33H36FN3. The fourth-order valence-electron chi connectivity index (χ4n) is 5.66. The van der Waals surface area contributed by atoms with Crippen molar-refractivity contribution in [3.05, 3.63) is 83.0 Å². The Balaban J connectivity index is 1.68. The summed E-state index contributed by atoms with van der Waals surface area (Å²) in [5.74, 6) is 1.33. The van der Waals surface area contributed by atoms with E-state index in [2.05, 4.69) is 87.8 Å². The SMILES string of the molecule is Cc1cc(CC(C)(C)CF)cc(C)c1-c1nc2ccnc(-c3cc(C(C)C)c4ccccc4c3)c2n1C. The van der Waals surface area contributed by atoms with E-state index in [0.717, 1.165) is 44.8 Å². The maximum atomic E-state index is 13.5. The van der Waals surface area contributed by atoms with Gasteiger partial charge < -0.3 is 4.57 Å². The van der Waals surface area contributed by atoms with Gasteiger partial charge in [0.15, 0.2) is 0 Å². The second kappa shape index (κ2) is 9.41. The highest BCUT2D eigenvalue weighted by Crippen LogP contribution is 2.37. The number of hydrogen-bond acceptors (Lipinski definition) is 2. The first-order valence-corrected chi connectivity index (χ1v) is 13.1. The third-order valence-electron chi connectivity index (χ3n) is 7.43. The lowest BCUT2D eigenvalue weighted by molar-refractivity contribution is 0.256. The summed E-state index contributed by atoms with van der Waals surface area (Å²) in [5, 5.41) is 2.52. The molecular weight excluding hydrogens is 457 g/mol. The topological polar surface area (TPSA) is 30.7 Å². The minimum Gasteiger partial charge on any atom is -0.325 e. The van der Waals surface area contributed by atoms with E-state index in [-0.39, 0.29) is 12.1 Å². The van der Waals surface area contributed by atoms with Crippen molar-refractivity contribution < 1.29 is 4.39 Å². The molecule has 0 saturated carbocycles. The number of aryl methyl sites for hydroxylation is 3. The zero-order valence-electron chi connectivity index (χ0n) is 23.0. The van der Waals surface area contributed by atoms with Gasteiger partial charge >= 0.3 is 0 Å². The Morgan fingerprint density at radius 1 is 0.973 bits per heavy atom. The molecule has 2 heterocycles. The van der Waals surface area contributed by atoms with Crippen molar-refractivity contribution in [1.29, 1.82) is 0 Å². The second-order valence-corrected chi connectivity index (χ2v) is 11.5. The summed E-state index contributed by atoms with van der Waals surface area (Å²) in [6, 6.07) is 19.5. The van der Waals surface area contributed by atoms with Crippen molar-refractivity contribution in [3.63, 3.8) is 0 Å². The third-order valence-corrected chi connectivity index (χ3v) is 7.43. The number of nitrogens with zero attached hydrogens (tertiary/aromatic N) is 3. The van der Waals surface area contributed by atoms with E-state index in [9.17, 15) is 4.39 Å². The monoisotopic (exact) mass is 493 g/mol. The van der Waals surface area contributed by atoms with Crippen molar-refractivity contribution in [2.45, 2.75) is 53.9 Å². The molecule has 0 aliphatic heterocycles. The summed E-state index contributed by atoms with van der Waals surface area (Å²) >= 11 is 0. The number of benzene rings is 3. The van der Waals surface area contributed by atoms with Gasteiger partial charge in [0.2, 0.25) is 0 Å². The van der Waals surface area contributed by atoms with Crippen LogP contribution < -0.4 is 0 Å². The number of halogens is 1. The predicted octanol–water partition coefficient (Wildman–Crippen LogP) is 8.73. The fraction of sp³-hybridized carbons (Fsp3) is 0.333. The molecule has 190 valence electrons. The molecule has 0 saturated heterocycles. The number of hydrogen-bond donors (Lipinski definition) is 0. The molecule has 5 rings (SSSR count). The molecule has 0 unspecified atom stereocenters. The molecule has 0 fully saturated rings. The molecule has 37 heavy (non-hydrogen) atoms. The Bertz CT molecular complexity index is 1600. The summed E-state index contributed by atoms with van der Waals surface area (Å²) in [6.45, 7) is 12.4. The molecule has 0 amide bonds. The first kappa shape index (κ1) is 25.1. The smallest absolute Gasteiger partial charge is 0.141 e. The summed E-state index contributed by atoms with van der Waals surface area (Å²) in [5.41, 5.74) is 9.60. The highest BCUT2D eigenvalue weighted by atomic mass is 19.1. The number of fused-ring (bicyclic) bond motifs is 2. The Morgan fingerprint density at radius 2 is 1.68 bits per heavy atom. The van der Waals surface area contributed by atoms with E-state index in [4.69, 9.17) is 9.97 Å². The Kier molecular flexibility index (Phi) is 6.39. The molecule has 3 nitrogen and oxygen atoms in total. The summed E-state index contributed by atoms with van der Waals surface area (Å²) in [4.78, 5) is 9.96. The standard InChI is InChI=1S/C33H36FN3/c1-20(2)27-17-25(16-24-10-8-9-11-26(24)27)30-31-28(12-13-35-30)36-32(37(31)7)29-21(3)14-23(15-22(29)4)18-33(5,6)19-34/h8-17,20H,18-19H2,1-7H3. The highest BCUT2D eigenvalue weighted by Gasteiger charge is 2.22. The first-order valence-electron chi connectivity index (χ1n) is 13.1. The van der Waals surface area contributed by atoms with Crippen molar-refractivity contribution >= 4 is 21.8 Å². The minimum absolute atomic E-state index is 0.333. The average Bonchev–Trinajstić information content (AvgIpc) is 3.18. The van der Waals surface area contributed by atoms with E-state index in [1.807, 2.05) is 26.1 Å². The van der Waals surface area contributed by atoms with Crippen LogP contribution in [0.5, 0.6) is 0 Å². The van der Waals surface area contributed by atoms with Crippen LogP contribution in [0.3, 0.4) is 0 Å². The molecule has 0 aliphatic carbocycles. The van der Waals surface area contributed by atoms with Crippen LogP contribution in [0.2, 0.25) is 0 Å². The van der Waals surface area contributed by atoms with Gasteiger partial charge in [-0.1, -0.05) is 64.1 Å². The van der Waals surface area contributed by atoms with Gasteiger partial charge in [0.05, 0.1) is 23.4 Å². The van der Waals surface area contributed by atoms with Gasteiger partial charge in [-0.2, -0.15) is 0 Å². The van der Waals surface area contributed by atoms with Crippen LogP contribution in [-0.4, -0.2) is 21.2 Å². The highest BCUT2D eigenvalue weighted by molar-refractivity contribution is 5.97. The molecule has 5 aromatic rings. The van der Waals surface area contributed by atoms with Gasteiger partial charge in [0, 0.05) is 24.4 Å². The van der Waals surface area contributed by atoms with E-state index in [0.29, 0.717) is 12.3 Å². The number of rotatable bonds is 6. The van der Waals surface area contributed by atoms with Crippen LogP contribution in [0, 0.1) is 19.3 Å². The molecule has 0 aliphatic rings. The zero-order valence-corrected chi connectivity index (χ0v) is 23.0. The van der Waals surface area contributed by atoms with Gasteiger partial charge in [-0.15, -0.1) is 0 Å². The van der Waals surface area contributed by atoms with Crippen LogP contribution >= 0.6 is 0 Å². The predicted molar refractivity (Wildman–Crippen MR) is 154 cm³/mol. The van der Waals surface area contributed by atoms with Crippen LogP contribution in [0.15, 0.2) is 60.8 Å². The quantitative estimate of drug-likeness (QED) is 0.237. The zero-order chi connectivity index (χ0) is 26.5. The summed E-state index contributed by atoms with van der Waals surface area (Å²) in [7, 11) is 2.08. The van der Waals surface area contributed by atoms with Crippen LogP contribution in [0.25, 0.3) is 44.5 Å². The van der Waals surface area contributed by atoms with Gasteiger partial charge in [0.25, 0.3) is 0 Å². The lowest BCUT2D eigenvalue weighted by atomic mass is 9.85. The molecule has 3 aromatic carbocycles. The normalized spacial score (nSPS) is 12.2. The maximum absolute atomic E-state index is 13.5. The van der Waals surface area contributed by atoms with E-state index in [1.54, 1.807) is 0 Å². The molecule has 2 aromatic heterocycles. The lowest BCUT2D eigenvalue weighted by Gasteiger charge is -2.22. The van der Waals surface area contributed by atoms with Crippen molar-refractivity contribution in [3.8, 4) is 22.6 Å². The third kappa shape index (κ3) is 4.54. The van der Waals surface area contributed by atoms with Gasteiger partial charge in [-0.3, -0.25) is 9.37 Å². The maximum Gasteiger partial charge on any atom is 0.141 e. The molecule has 0 spiro atoms. The lowest BCUT2D eigenvalue weighted by Crippen LogP contribution is -2.17. The largest absolute Gasteiger partial charge is 0.325 e. The number of aromatic nitrogens is 3. The molecule has 0 bridgehead atoms. The van der Waals surface area contributed by atoms with Gasteiger partial charge in [0.1, 0.15) is 5.82 Å². The van der Waals surface area contributed by atoms with Crippen molar-refractivity contribution in [2.24, 2.45) is 12.5 Å². The van der Waals surface area contributed by atoms with Crippen molar-refractivity contribution in [2.75, 3.05) is 6.67 Å². The van der Waals surface area contributed by atoms with Crippen LogP contribution in [-0.2, 0) is 13.5 Å². The second-order valence-electron chi connectivity index (χ2n) is 11.5. The van der Waals surface area contributed by atoms with E-state index < -0.39 is 0 Å². The van der Waals surface area contributed by atoms with Crippen LogP contribution in [0.1, 0.15) is 55.9 Å².